The van der Waals surface area contributed by atoms with E-state index in [4.69, 9.17) is 24.0 Å². The minimum Gasteiger partial charge on any atom is -0.496 e. The second-order valence-electron chi connectivity index (χ2n) is 10.0. The summed E-state index contributed by atoms with van der Waals surface area (Å²) in [6, 6.07) is 17.2. The minimum atomic E-state index is 0.711. The third-order valence-corrected chi connectivity index (χ3v) is 7.69. The van der Waals surface area contributed by atoms with Crippen LogP contribution in [0.5, 0.6) is 5.75 Å². The van der Waals surface area contributed by atoms with E-state index < -0.39 is 0 Å². The molecular formula is C31H29N5O3. The van der Waals surface area contributed by atoms with Crippen molar-refractivity contribution in [2.45, 2.75) is 20.8 Å². The molecule has 0 atom stereocenters. The van der Waals surface area contributed by atoms with Crippen molar-refractivity contribution in [1.82, 2.24) is 20.1 Å². The number of H-pyrrole nitrogens is 1. The van der Waals surface area contributed by atoms with Crippen LogP contribution in [0.15, 0.2) is 53.1 Å². The molecule has 3 aromatic heterocycles. The highest BCUT2D eigenvalue weighted by Gasteiger charge is 2.22. The molecule has 0 amide bonds. The summed E-state index contributed by atoms with van der Waals surface area (Å²) in [5, 5.41) is 8.51. The van der Waals surface area contributed by atoms with Gasteiger partial charge in [0.15, 0.2) is 0 Å². The number of hydrogen-bond donors (Lipinski definition) is 1. The van der Waals surface area contributed by atoms with Crippen molar-refractivity contribution in [2.75, 3.05) is 38.3 Å². The Morgan fingerprint density at radius 3 is 2.46 bits per heavy atom. The van der Waals surface area contributed by atoms with Crippen LogP contribution in [0.1, 0.15) is 17.3 Å². The summed E-state index contributed by atoms with van der Waals surface area (Å²) in [5.41, 5.74) is 7.66. The molecule has 0 saturated carbocycles. The Morgan fingerprint density at radius 2 is 1.69 bits per heavy atom. The molecule has 3 aromatic carbocycles. The molecule has 196 valence electrons. The Kier molecular flexibility index (Phi) is 5.52. The van der Waals surface area contributed by atoms with E-state index in [1.54, 1.807) is 7.11 Å². The molecule has 0 radical (unpaired) electrons. The predicted octanol–water partition coefficient (Wildman–Crippen LogP) is 6.36. The quantitative estimate of drug-likeness (QED) is 0.290. The number of anilines is 1. The van der Waals surface area contributed by atoms with Gasteiger partial charge >= 0.3 is 0 Å². The lowest BCUT2D eigenvalue weighted by Crippen LogP contribution is -2.36. The lowest BCUT2D eigenvalue weighted by Gasteiger charge is -2.30. The van der Waals surface area contributed by atoms with Crippen LogP contribution in [0.25, 0.3) is 55.1 Å². The number of aromatic nitrogens is 4. The lowest BCUT2D eigenvalue weighted by atomic mass is 9.96. The number of aryl methyl sites for hydroxylation is 3. The summed E-state index contributed by atoms with van der Waals surface area (Å²) in [6.07, 6.45) is 0. The van der Waals surface area contributed by atoms with Crippen molar-refractivity contribution in [3.05, 3.63) is 65.8 Å². The van der Waals surface area contributed by atoms with Crippen molar-refractivity contribution in [3.8, 4) is 28.1 Å². The first-order valence-corrected chi connectivity index (χ1v) is 13.2. The summed E-state index contributed by atoms with van der Waals surface area (Å²) >= 11 is 0. The predicted molar refractivity (Wildman–Crippen MR) is 154 cm³/mol. The van der Waals surface area contributed by atoms with Crippen LogP contribution in [0.2, 0.25) is 0 Å². The van der Waals surface area contributed by atoms with Crippen molar-refractivity contribution in [1.29, 1.82) is 0 Å². The average molecular weight is 520 g/mol. The number of aromatic amines is 1. The van der Waals surface area contributed by atoms with E-state index in [1.807, 2.05) is 20.8 Å². The number of methoxy groups -OCH3 is 1. The van der Waals surface area contributed by atoms with Gasteiger partial charge in [0.1, 0.15) is 23.0 Å². The Bertz CT molecular complexity index is 1860. The monoisotopic (exact) mass is 519 g/mol. The molecule has 1 aliphatic rings. The molecule has 1 aliphatic heterocycles. The molecule has 4 heterocycles. The van der Waals surface area contributed by atoms with E-state index in [0.717, 1.165) is 93.2 Å². The number of benzene rings is 3. The van der Waals surface area contributed by atoms with Gasteiger partial charge in [0.05, 0.1) is 42.7 Å². The summed E-state index contributed by atoms with van der Waals surface area (Å²) in [7, 11) is 1.69. The van der Waals surface area contributed by atoms with Gasteiger partial charge in [0, 0.05) is 46.2 Å². The van der Waals surface area contributed by atoms with Gasteiger partial charge in [-0.25, -0.2) is 9.97 Å². The van der Waals surface area contributed by atoms with E-state index in [0.29, 0.717) is 5.82 Å². The summed E-state index contributed by atoms with van der Waals surface area (Å²) in [6.45, 7) is 9.06. The molecule has 7 rings (SSSR count). The van der Waals surface area contributed by atoms with Gasteiger partial charge in [0.25, 0.3) is 0 Å². The number of rotatable bonds is 4. The second-order valence-corrected chi connectivity index (χ2v) is 10.0. The van der Waals surface area contributed by atoms with Crippen LogP contribution in [-0.4, -0.2) is 53.5 Å². The number of morpholine rings is 1. The third kappa shape index (κ3) is 3.74. The van der Waals surface area contributed by atoms with Gasteiger partial charge in [-0.1, -0.05) is 35.5 Å². The van der Waals surface area contributed by atoms with Gasteiger partial charge in [-0.05, 0) is 44.4 Å². The molecule has 1 N–H and O–H groups in total. The van der Waals surface area contributed by atoms with Crippen LogP contribution in [0.3, 0.4) is 0 Å². The van der Waals surface area contributed by atoms with Crippen molar-refractivity contribution < 1.29 is 14.0 Å². The fourth-order valence-corrected chi connectivity index (χ4v) is 5.94. The van der Waals surface area contributed by atoms with Crippen molar-refractivity contribution >= 4 is 38.4 Å². The average Bonchev–Trinajstić information content (AvgIpc) is 3.49. The molecule has 0 bridgehead atoms. The maximum atomic E-state index is 5.89. The van der Waals surface area contributed by atoms with Crippen molar-refractivity contribution in [2.24, 2.45) is 0 Å². The van der Waals surface area contributed by atoms with E-state index in [9.17, 15) is 0 Å². The number of nitrogens with zero attached hydrogens (tertiary/aromatic N) is 4. The van der Waals surface area contributed by atoms with E-state index in [1.165, 1.54) is 11.1 Å². The largest absolute Gasteiger partial charge is 0.496 e. The van der Waals surface area contributed by atoms with Crippen LogP contribution in [0.4, 0.5) is 5.69 Å². The smallest absolute Gasteiger partial charge is 0.142 e. The fraction of sp³-hybridized carbons (Fsp3) is 0.258. The minimum absolute atomic E-state index is 0.711. The Hall–Kier alpha value is -4.43. The molecule has 6 aromatic rings. The van der Waals surface area contributed by atoms with Gasteiger partial charge < -0.3 is 23.9 Å². The molecule has 0 unspecified atom stereocenters. The lowest BCUT2D eigenvalue weighted by molar-refractivity contribution is 0.123. The van der Waals surface area contributed by atoms with Crippen LogP contribution in [-0.2, 0) is 4.74 Å². The van der Waals surface area contributed by atoms with E-state index >= 15 is 0 Å². The maximum absolute atomic E-state index is 5.89. The Morgan fingerprint density at radius 1 is 0.897 bits per heavy atom. The number of ether oxygens (including phenoxy) is 2. The standard InChI is InChI=1S/C31H29N5O3/c1-17-28(18(2)39-35-17)24-15-25-23(16-27(24)37-4)29-30(32-19(3)33-31(29)34-25)22-9-5-8-21-20(22)7-6-10-26(21)36-11-13-38-14-12-36/h5-10,15-16H,11-14H2,1-4H3,(H,32,33,34). The highest BCUT2D eigenvalue weighted by Crippen LogP contribution is 2.43. The zero-order chi connectivity index (χ0) is 26.7. The van der Waals surface area contributed by atoms with Gasteiger partial charge in [0.2, 0.25) is 0 Å². The molecule has 39 heavy (non-hydrogen) atoms. The molecule has 1 fully saturated rings. The highest BCUT2D eigenvalue weighted by molar-refractivity contribution is 6.16. The molecule has 8 heteroatoms. The Balaban J connectivity index is 1.49. The third-order valence-electron chi connectivity index (χ3n) is 7.69. The first-order chi connectivity index (χ1) is 19.0. The highest BCUT2D eigenvalue weighted by atomic mass is 16.5. The fourth-order valence-electron chi connectivity index (χ4n) is 5.94. The molecule has 0 spiro atoms. The zero-order valence-electron chi connectivity index (χ0n) is 22.5. The topological polar surface area (TPSA) is 89.3 Å². The number of fused-ring (bicyclic) bond motifs is 4. The maximum Gasteiger partial charge on any atom is 0.142 e. The van der Waals surface area contributed by atoms with Crippen LogP contribution < -0.4 is 9.64 Å². The van der Waals surface area contributed by atoms with Crippen molar-refractivity contribution in [3.63, 3.8) is 0 Å². The zero-order valence-corrected chi connectivity index (χ0v) is 22.5. The summed E-state index contributed by atoms with van der Waals surface area (Å²) in [4.78, 5) is 15.8. The first-order valence-electron chi connectivity index (χ1n) is 13.2. The van der Waals surface area contributed by atoms with Gasteiger partial charge in [-0.3, -0.25) is 0 Å². The SMILES string of the molecule is COc1cc2c(cc1-c1c(C)noc1C)[nH]c1nc(C)nc(-c3cccc4c(N5CCOCC5)cccc34)c12. The van der Waals surface area contributed by atoms with Gasteiger partial charge in [-0.2, -0.15) is 0 Å². The van der Waals surface area contributed by atoms with Crippen LogP contribution in [0, 0.1) is 20.8 Å². The van der Waals surface area contributed by atoms with E-state index in [-0.39, 0.29) is 0 Å². The summed E-state index contributed by atoms with van der Waals surface area (Å²) < 4.78 is 16.9. The molecule has 1 saturated heterocycles. The normalized spacial score (nSPS) is 14.1. The van der Waals surface area contributed by atoms with Gasteiger partial charge in [-0.15, -0.1) is 0 Å². The Labute approximate surface area is 225 Å². The summed E-state index contributed by atoms with van der Waals surface area (Å²) in [5.74, 6) is 2.21. The number of nitrogens with one attached hydrogen (secondary N) is 1. The molecular weight excluding hydrogens is 490 g/mol. The van der Waals surface area contributed by atoms with E-state index in [2.05, 4.69) is 63.6 Å². The number of hydrogen-bond acceptors (Lipinski definition) is 7. The van der Waals surface area contributed by atoms with Crippen LogP contribution >= 0.6 is 0 Å². The first kappa shape index (κ1) is 23.7. The second kappa shape index (κ2) is 9.10. The molecule has 0 aliphatic carbocycles. The molecule has 8 nitrogen and oxygen atoms in total.